The number of amides is 2. The molecule has 1 aromatic carbocycles. The Morgan fingerprint density at radius 1 is 1.04 bits per heavy atom. The highest BCUT2D eigenvalue weighted by Gasteiger charge is 2.04. The number of hydrogen-bond donors (Lipinski definition) is 3. The summed E-state index contributed by atoms with van der Waals surface area (Å²) in [5.41, 5.74) is 3.30. The first-order valence-electron chi connectivity index (χ1n) is 8.07. The van der Waals surface area contributed by atoms with E-state index in [-0.39, 0.29) is 6.03 Å². The molecular weight excluding hydrogens is 316 g/mol. The first kappa shape index (κ1) is 16.5. The zero-order valence-electron chi connectivity index (χ0n) is 13.9. The first-order valence-corrected chi connectivity index (χ1v) is 8.07. The van der Waals surface area contributed by atoms with Gasteiger partial charge in [0.2, 0.25) is 0 Å². The van der Waals surface area contributed by atoms with E-state index in [4.69, 9.17) is 0 Å². The molecule has 3 aromatic rings. The molecule has 0 aliphatic heterocycles. The van der Waals surface area contributed by atoms with Crippen molar-refractivity contribution in [2.24, 2.45) is 0 Å². The highest BCUT2D eigenvalue weighted by molar-refractivity contribution is 5.99. The lowest BCUT2D eigenvalue weighted by atomic mass is 10.2. The van der Waals surface area contributed by atoms with Gasteiger partial charge >= 0.3 is 6.03 Å². The number of pyridine rings is 1. The number of nitrogens with zero attached hydrogens (tertiary/aromatic N) is 3. The van der Waals surface area contributed by atoms with Crippen molar-refractivity contribution in [2.45, 2.75) is 20.0 Å². The van der Waals surface area contributed by atoms with Crippen molar-refractivity contribution in [1.29, 1.82) is 0 Å². The van der Waals surface area contributed by atoms with Gasteiger partial charge in [-0.25, -0.2) is 4.79 Å². The van der Waals surface area contributed by atoms with Crippen LogP contribution in [-0.2, 0) is 13.1 Å². The number of carbonyl (C=O) groups excluding carboxylic acids is 1. The van der Waals surface area contributed by atoms with Crippen molar-refractivity contribution in [3.8, 4) is 0 Å². The van der Waals surface area contributed by atoms with Crippen molar-refractivity contribution in [3.05, 3.63) is 66.7 Å². The van der Waals surface area contributed by atoms with Gasteiger partial charge in [-0.2, -0.15) is 5.10 Å². The fraction of sp³-hybridized carbons (Fsp3) is 0.167. The second kappa shape index (κ2) is 7.96. The van der Waals surface area contributed by atoms with Gasteiger partial charge in [-0.05, 0) is 43.3 Å². The Labute approximate surface area is 146 Å². The van der Waals surface area contributed by atoms with Gasteiger partial charge in [0, 0.05) is 30.3 Å². The van der Waals surface area contributed by atoms with Crippen LogP contribution in [0, 0.1) is 0 Å². The number of rotatable bonds is 6. The van der Waals surface area contributed by atoms with Crippen LogP contribution in [0.1, 0.15) is 12.6 Å². The molecule has 0 atom stereocenters. The molecule has 0 aliphatic rings. The molecule has 25 heavy (non-hydrogen) atoms. The average molecular weight is 336 g/mol. The van der Waals surface area contributed by atoms with E-state index in [1.807, 2.05) is 49.4 Å². The molecule has 0 fully saturated rings. The number of aromatic nitrogens is 3. The molecule has 3 rings (SSSR count). The van der Waals surface area contributed by atoms with Crippen molar-refractivity contribution >= 4 is 23.1 Å². The molecule has 0 bridgehead atoms. The SMILES string of the molecule is CCn1cc(NC(=O)Nc2ccc(NCc3ccccn3)cc2)cn1. The number of anilines is 3. The summed E-state index contributed by atoms with van der Waals surface area (Å²) in [7, 11) is 0. The normalized spacial score (nSPS) is 10.3. The van der Waals surface area contributed by atoms with Crippen LogP contribution < -0.4 is 16.0 Å². The highest BCUT2D eigenvalue weighted by Crippen LogP contribution is 2.15. The predicted octanol–water partition coefficient (Wildman–Crippen LogP) is 3.55. The molecule has 0 spiro atoms. The Balaban J connectivity index is 1.50. The summed E-state index contributed by atoms with van der Waals surface area (Å²) in [6.45, 7) is 3.39. The maximum atomic E-state index is 12.0. The molecule has 2 aromatic heterocycles. The summed E-state index contributed by atoms with van der Waals surface area (Å²) in [4.78, 5) is 16.3. The fourth-order valence-electron chi connectivity index (χ4n) is 2.26. The molecule has 0 unspecified atom stereocenters. The summed E-state index contributed by atoms with van der Waals surface area (Å²) < 4.78 is 1.75. The standard InChI is InChI=1S/C18H20N6O/c1-2-24-13-17(12-21-24)23-18(25)22-15-8-6-14(7-9-15)20-11-16-5-3-4-10-19-16/h3-10,12-13,20H,2,11H2,1H3,(H2,22,23,25). The van der Waals surface area contributed by atoms with Gasteiger partial charge in [-0.15, -0.1) is 0 Å². The van der Waals surface area contributed by atoms with E-state index >= 15 is 0 Å². The number of nitrogens with one attached hydrogen (secondary N) is 3. The molecule has 0 radical (unpaired) electrons. The lowest BCUT2D eigenvalue weighted by Gasteiger charge is -2.09. The quantitative estimate of drug-likeness (QED) is 0.643. The monoisotopic (exact) mass is 336 g/mol. The van der Waals surface area contributed by atoms with Gasteiger partial charge in [-0.1, -0.05) is 6.07 Å². The molecule has 128 valence electrons. The summed E-state index contributed by atoms with van der Waals surface area (Å²) in [5, 5.41) is 12.9. The number of benzene rings is 1. The van der Waals surface area contributed by atoms with Gasteiger partial charge < -0.3 is 16.0 Å². The molecule has 2 amide bonds. The van der Waals surface area contributed by atoms with Crippen LogP contribution in [0.4, 0.5) is 21.9 Å². The Bertz CT molecular complexity index is 813. The zero-order chi connectivity index (χ0) is 17.5. The Morgan fingerprint density at radius 2 is 1.80 bits per heavy atom. The summed E-state index contributed by atoms with van der Waals surface area (Å²) in [6, 6.07) is 13.0. The van der Waals surface area contributed by atoms with E-state index in [1.165, 1.54) is 0 Å². The van der Waals surface area contributed by atoms with Crippen LogP contribution in [0.2, 0.25) is 0 Å². The molecule has 3 N–H and O–H groups in total. The first-order chi connectivity index (χ1) is 12.2. The van der Waals surface area contributed by atoms with Gasteiger partial charge in [0.25, 0.3) is 0 Å². The van der Waals surface area contributed by atoms with E-state index in [9.17, 15) is 4.79 Å². The van der Waals surface area contributed by atoms with Gasteiger partial charge in [-0.3, -0.25) is 9.67 Å². The molecule has 0 aliphatic carbocycles. The number of carbonyl (C=O) groups is 1. The van der Waals surface area contributed by atoms with Crippen molar-refractivity contribution < 1.29 is 4.79 Å². The van der Waals surface area contributed by atoms with Crippen LogP contribution in [0.25, 0.3) is 0 Å². The molecule has 2 heterocycles. The minimum absolute atomic E-state index is 0.301. The topological polar surface area (TPSA) is 83.9 Å². The van der Waals surface area contributed by atoms with Crippen LogP contribution in [-0.4, -0.2) is 20.8 Å². The highest BCUT2D eigenvalue weighted by atomic mass is 16.2. The van der Waals surface area contributed by atoms with Gasteiger partial charge in [0.05, 0.1) is 24.1 Å². The molecule has 7 heteroatoms. The minimum atomic E-state index is -0.301. The van der Waals surface area contributed by atoms with E-state index in [2.05, 4.69) is 26.0 Å². The van der Waals surface area contributed by atoms with E-state index in [0.717, 1.165) is 17.9 Å². The van der Waals surface area contributed by atoms with Crippen LogP contribution in [0.5, 0.6) is 0 Å². The number of aryl methyl sites for hydroxylation is 1. The largest absolute Gasteiger partial charge is 0.379 e. The molecular formula is C18H20N6O. The third kappa shape index (κ3) is 4.81. The molecule has 0 saturated carbocycles. The maximum Gasteiger partial charge on any atom is 0.323 e. The minimum Gasteiger partial charge on any atom is -0.379 e. The number of urea groups is 1. The van der Waals surface area contributed by atoms with Gasteiger partial charge in [0.1, 0.15) is 0 Å². The second-order valence-corrected chi connectivity index (χ2v) is 5.42. The van der Waals surface area contributed by atoms with Crippen molar-refractivity contribution in [2.75, 3.05) is 16.0 Å². The summed E-state index contributed by atoms with van der Waals surface area (Å²) in [5.74, 6) is 0. The Hall–Kier alpha value is -3.35. The lowest BCUT2D eigenvalue weighted by molar-refractivity contribution is 0.262. The van der Waals surface area contributed by atoms with E-state index in [0.29, 0.717) is 17.9 Å². The van der Waals surface area contributed by atoms with E-state index < -0.39 is 0 Å². The fourth-order valence-corrected chi connectivity index (χ4v) is 2.26. The second-order valence-electron chi connectivity index (χ2n) is 5.42. The van der Waals surface area contributed by atoms with Crippen molar-refractivity contribution in [3.63, 3.8) is 0 Å². The van der Waals surface area contributed by atoms with Crippen LogP contribution in [0.15, 0.2) is 61.1 Å². The predicted molar refractivity (Wildman–Crippen MR) is 98.5 cm³/mol. The summed E-state index contributed by atoms with van der Waals surface area (Å²) in [6.07, 6.45) is 5.17. The summed E-state index contributed by atoms with van der Waals surface area (Å²) >= 11 is 0. The lowest BCUT2D eigenvalue weighted by Crippen LogP contribution is -2.19. The third-order valence-corrected chi connectivity index (χ3v) is 3.56. The average Bonchev–Trinajstić information content (AvgIpc) is 3.09. The molecule has 7 nitrogen and oxygen atoms in total. The zero-order valence-corrected chi connectivity index (χ0v) is 13.9. The van der Waals surface area contributed by atoms with Crippen LogP contribution >= 0.6 is 0 Å². The third-order valence-electron chi connectivity index (χ3n) is 3.56. The molecule has 0 saturated heterocycles. The van der Waals surface area contributed by atoms with Crippen molar-refractivity contribution in [1.82, 2.24) is 14.8 Å². The smallest absolute Gasteiger partial charge is 0.323 e. The number of hydrogen-bond acceptors (Lipinski definition) is 4. The Morgan fingerprint density at radius 3 is 2.48 bits per heavy atom. The maximum absolute atomic E-state index is 12.0. The van der Waals surface area contributed by atoms with Gasteiger partial charge in [0.15, 0.2) is 0 Å². The van der Waals surface area contributed by atoms with E-state index in [1.54, 1.807) is 23.3 Å². The van der Waals surface area contributed by atoms with Crippen LogP contribution in [0.3, 0.4) is 0 Å². The Kier molecular flexibility index (Phi) is 5.26.